The Labute approximate surface area is 120 Å². The van der Waals surface area contributed by atoms with Crippen LogP contribution in [0.4, 0.5) is 0 Å². The van der Waals surface area contributed by atoms with E-state index in [0.717, 1.165) is 30.2 Å². The molecule has 0 amide bonds. The van der Waals surface area contributed by atoms with Crippen LogP contribution >= 0.6 is 11.3 Å². The first kappa shape index (κ1) is 14.9. The summed E-state index contributed by atoms with van der Waals surface area (Å²) in [4.78, 5) is 4.66. The third kappa shape index (κ3) is 3.56. The molecule has 1 aromatic rings. The third-order valence-electron chi connectivity index (χ3n) is 3.86. The zero-order valence-corrected chi connectivity index (χ0v) is 13.2. The first-order valence-corrected chi connectivity index (χ1v) is 8.04. The van der Waals surface area contributed by atoms with E-state index in [1.165, 1.54) is 0 Å². The minimum Gasteiger partial charge on any atom is -0.392 e. The van der Waals surface area contributed by atoms with E-state index in [0.29, 0.717) is 6.42 Å². The molecule has 0 saturated carbocycles. The van der Waals surface area contributed by atoms with Gasteiger partial charge in [-0.1, -0.05) is 27.7 Å². The van der Waals surface area contributed by atoms with Gasteiger partial charge >= 0.3 is 0 Å². The molecule has 4 heteroatoms. The van der Waals surface area contributed by atoms with E-state index in [1.54, 1.807) is 11.3 Å². The lowest BCUT2D eigenvalue weighted by atomic mass is 9.91. The Balaban J connectivity index is 1.99. The second-order valence-corrected chi connectivity index (χ2v) is 7.36. The maximum Gasteiger partial charge on any atom is 0.0954 e. The Morgan fingerprint density at radius 2 is 2.26 bits per heavy atom. The van der Waals surface area contributed by atoms with E-state index < -0.39 is 0 Å². The molecule has 1 fully saturated rings. The van der Waals surface area contributed by atoms with Gasteiger partial charge in [-0.15, -0.1) is 11.3 Å². The smallest absolute Gasteiger partial charge is 0.0954 e. The molecule has 1 saturated heterocycles. The second kappa shape index (κ2) is 5.90. The van der Waals surface area contributed by atoms with Crippen LogP contribution in [-0.2, 0) is 16.6 Å². The summed E-state index contributed by atoms with van der Waals surface area (Å²) >= 11 is 1.66. The van der Waals surface area contributed by atoms with Crippen LogP contribution < -0.4 is 0 Å². The fourth-order valence-corrected chi connectivity index (χ4v) is 3.68. The monoisotopic (exact) mass is 283 g/mol. The highest BCUT2D eigenvalue weighted by molar-refractivity contribution is 7.09. The minimum absolute atomic E-state index is 0.0854. The van der Waals surface area contributed by atoms with Crippen molar-refractivity contribution in [3.63, 3.8) is 0 Å². The Kier molecular flexibility index (Phi) is 4.64. The van der Waals surface area contributed by atoms with Crippen LogP contribution in [0.2, 0.25) is 0 Å². The van der Waals surface area contributed by atoms with Crippen LogP contribution in [0.15, 0.2) is 5.38 Å². The molecule has 0 bridgehead atoms. The SMILES string of the molecule is CCC1OCCC1C(O)Cc1nc(C(C)(C)C)cs1. The van der Waals surface area contributed by atoms with E-state index in [9.17, 15) is 5.11 Å². The van der Waals surface area contributed by atoms with E-state index in [-0.39, 0.29) is 23.5 Å². The number of aliphatic hydroxyl groups excluding tert-OH is 1. The van der Waals surface area contributed by atoms with Gasteiger partial charge in [0.1, 0.15) is 0 Å². The van der Waals surface area contributed by atoms with Crippen molar-refractivity contribution in [1.29, 1.82) is 0 Å². The molecule has 2 rings (SSSR count). The van der Waals surface area contributed by atoms with E-state index in [2.05, 4.69) is 38.1 Å². The molecular weight excluding hydrogens is 258 g/mol. The van der Waals surface area contributed by atoms with Gasteiger partial charge < -0.3 is 9.84 Å². The second-order valence-electron chi connectivity index (χ2n) is 6.42. The van der Waals surface area contributed by atoms with Crippen molar-refractivity contribution in [3.05, 3.63) is 16.1 Å². The third-order valence-corrected chi connectivity index (χ3v) is 4.73. The summed E-state index contributed by atoms with van der Waals surface area (Å²) in [6, 6.07) is 0. The number of aliphatic hydroxyl groups is 1. The zero-order valence-electron chi connectivity index (χ0n) is 12.3. The maximum atomic E-state index is 10.4. The Morgan fingerprint density at radius 3 is 2.84 bits per heavy atom. The highest BCUT2D eigenvalue weighted by Crippen LogP contribution is 2.30. The van der Waals surface area contributed by atoms with E-state index in [1.807, 2.05) is 0 Å². The van der Waals surface area contributed by atoms with Crippen molar-refractivity contribution in [2.75, 3.05) is 6.61 Å². The number of rotatable bonds is 4. The van der Waals surface area contributed by atoms with Crippen molar-refractivity contribution in [2.45, 2.75) is 64.6 Å². The van der Waals surface area contributed by atoms with Crippen LogP contribution in [0.5, 0.6) is 0 Å². The number of thiazole rings is 1. The number of hydrogen-bond acceptors (Lipinski definition) is 4. The van der Waals surface area contributed by atoms with Crippen LogP contribution in [-0.4, -0.2) is 28.9 Å². The molecule has 0 spiro atoms. The zero-order chi connectivity index (χ0) is 14.0. The van der Waals surface area contributed by atoms with Crippen molar-refractivity contribution >= 4 is 11.3 Å². The first-order chi connectivity index (χ1) is 8.91. The van der Waals surface area contributed by atoms with Gasteiger partial charge in [0.25, 0.3) is 0 Å². The molecule has 3 nitrogen and oxygen atoms in total. The average Bonchev–Trinajstić information content (AvgIpc) is 2.95. The lowest BCUT2D eigenvalue weighted by Crippen LogP contribution is -2.29. The molecule has 0 aromatic carbocycles. The van der Waals surface area contributed by atoms with Crippen molar-refractivity contribution in [2.24, 2.45) is 5.92 Å². The normalized spacial score (nSPS) is 25.7. The molecule has 1 aliphatic rings. The molecule has 3 unspecified atom stereocenters. The molecule has 0 radical (unpaired) electrons. The van der Waals surface area contributed by atoms with E-state index >= 15 is 0 Å². The van der Waals surface area contributed by atoms with Crippen molar-refractivity contribution < 1.29 is 9.84 Å². The Hall–Kier alpha value is -0.450. The summed E-state index contributed by atoms with van der Waals surface area (Å²) < 4.78 is 5.66. The average molecular weight is 283 g/mol. The molecule has 0 aliphatic carbocycles. The van der Waals surface area contributed by atoms with E-state index in [4.69, 9.17) is 4.74 Å². The topological polar surface area (TPSA) is 42.4 Å². The maximum absolute atomic E-state index is 10.4. The molecule has 1 aromatic heterocycles. The molecule has 108 valence electrons. The van der Waals surface area contributed by atoms with Crippen molar-refractivity contribution in [1.82, 2.24) is 4.98 Å². The largest absolute Gasteiger partial charge is 0.392 e. The Morgan fingerprint density at radius 1 is 1.53 bits per heavy atom. The summed E-state index contributed by atoms with van der Waals surface area (Å²) in [5.41, 5.74) is 1.21. The fourth-order valence-electron chi connectivity index (χ4n) is 2.61. The lowest BCUT2D eigenvalue weighted by Gasteiger charge is -2.22. The number of aromatic nitrogens is 1. The van der Waals surface area contributed by atoms with Crippen LogP contribution in [0, 0.1) is 5.92 Å². The molecule has 19 heavy (non-hydrogen) atoms. The lowest BCUT2D eigenvalue weighted by molar-refractivity contribution is 0.0317. The first-order valence-electron chi connectivity index (χ1n) is 7.16. The quantitative estimate of drug-likeness (QED) is 0.923. The van der Waals surface area contributed by atoms with Crippen LogP contribution in [0.1, 0.15) is 51.2 Å². The van der Waals surface area contributed by atoms with Gasteiger partial charge in [-0.2, -0.15) is 0 Å². The van der Waals surface area contributed by atoms with Crippen LogP contribution in [0.3, 0.4) is 0 Å². The summed E-state index contributed by atoms with van der Waals surface area (Å²) in [6.07, 6.45) is 2.50. The van der Waals surface area contributed by atoms with Gasteiger partial charge in [0, 0.05) is 29.7 Å². The van der Waals surface area contributed by atoms with Gasteiger partial charge in [-0.25, -0.2) is 4.98 Å². The highest BCUT2D eigenvalue weighted by Gasteiger charge is 2.33. The van der Waals surface area contributed by atoms with Crippen molar-refractivity contribution in [3.8, 4) is 0 Å². The summed E-state index contributed by atoms with van der Waals surface area (Å²) in [5.74, 6) is 0.270. The summed E-state index contributed by atoms with van der Waals surface area (Å²) in [5, 5.41) is 13.6. The summed E-state index contributed by atoms with van der Waals surface area (Å²) in [6.45, 7) is 9.41. The molecule has 2 heterocycles. The van der Waals surface area contributed by atoms with Gasteiger partial charge in [0.05, 0.1) is 22.9 Å². The fraction of sp³-hybridized carbons (Fsp3) is 0.800. The van der Waals surface area contributed by atoms with Gasteiger partial charge in [-0.05, 0) is 12.8 Å². The highest BCUT2D eigenvalue weighted by atomic mass is 32.1. The molecular formula is C15H25NO2S. The number of hydrogen-bond donors (Lipinski definition) is 1. The minimum atomic E-state index is -0.327. The van der Waals surface area contributed by atoms with Gasteiger partial charge in [0.2, 0.25) is 0 Å². The predicted molar refractivity (Wildman–Crippen MR) is 78.7 cm³/mol. The predicted octanol–water partition coefficient (Wildman–Crippen LogP) is 3.16. The number of nitrogens with zero attached hydrogens (tertiary/aromatic N) is 1. The molecule has 1 aliphatic heterocycles. The molecule has 1 N–H and O–H groups in total. The van der Waals surface area contributed by atoms with Gasteiger partial charge in [-0.3, -0.25) is 0 Å². The summed E-state index contributed by atoms with van der Waals surface area (Å²) in [7, 11) is 0. The van der Waals surface area contributed by atoms with Gasteiger partial charge in [0.15, 0.2) is 0 Å². The Bertz CT molecular complexity index is 411. The molecule has 3 atom stereocenters. The number of ether oxygens (including phenoxy) is 1. The standard InChI is InChI=1S/C15H25NO2S/c1-5-12-10(6-7-18-12)11(17)8-14-16-13(9-19-14)15(2,3)4/h9-12,17H,5-8H2,1-4H3. The van der Waals surface area contributed by atoms with Crippen LogP contribution in [0.25, 0.3) is 0 Å².